The van der Waals surface area contributed by atoms with Crippen molar-refractivity contribution in [3.05, 3.63) is 60.2 Å². The molecule has 0 saturated carbocycles. The number of aryl methyl sites for hydroxylation is 1. The van der Waals surface area contributed by atoms with Crippen molar-refractivity contribution in [2.75, 3.05) is 0 Å². The van der Waals surface area contributed by atoms with Gasteiger partial charge >= 0.3 is 0 Å². The van der Waals surface area contributed by atoms with E-state index >= 15 is 0 Å². The van der Waals surface area contributed by atoms with Crippen LogP contribution >= 0.6 is 0 Å². The molecule has 3 rings (SSSR count). The third kappa shape index (κ3) is 4.43. The van der Waals surface area contributed by atoms with Crippen molar-refractivity contribution < 1.29 is 9.53 Å². The van der Waals surface area contributed by atoms with E-state index in [0.717, 1.165) is 11.4 Å². The molecule has 1 aromatic carbocycles. The molecule has 0 saturated heterocycles. The zero-order chi connectivity index (χ0) is 17.6. The largest absolute Gasteiger partial charge is 0.487 e. The van der Waals surface area contributed by atoms with Gasteiger partial charge in [-0.25, -0.2) is 4.68 Å². The predicted molar refractivity (Wildman–Crippen MR) is 90.6 cm³/mol. The summed E-state index contributed by atoms with van der Waals surface area (Å²) in [7, 11) is 1.84. The first-order valence-corrected chi connectivity index (χ1v) is 7.96. The molecule has 2 aromatic heterocycles. The Hall–Kier alpha value is -3.16. The maximum atomic E-state index is 12.2. The van der Waals surface area contributed by atoms with Gasteiger partial charge in [0.15, 0.2) is 0 Å². The maximum Gasteiger partial charge on any atom is 0.244 e. The number of nitrogens with zero attached hydrogens (tertiary/aromatic N) is 5. The second-order valence-electron chi connectivity index (χ2n) is 5.67. The van der Waals surface area contributed by atoms with Crippen LogP contribution in [0.4, 0.5) is 0 Å². The smallest absolute Gasteiger partial charge is 0.244 e. The lowest BCUT2D eigenvalue weighted by molar-refractivity contribution is -0.124. The molecule has 8 heteroatoms. The highest BCUT2D eigenvalue weighted by molar-refractivity contribution is 5.79. The van der Waals surface area contributed by atoms with Crippen LogP contribution in [0.5, 0.6) is 5.75 Å². The number of aromatic nitrogens is 5. The molecule has 0 aliphatic heterocycles. The first-order valence-electron chi connectivity index (χ1n) is 7.96. The first kappa shape index (κ1) is 16.7. The van der Waals surface area contributed by atoms with Crippen LogP contribution in [0.3, 0.4) is 0 Å². The van der Waals surface area contributed by atoms with Gasteiger partial charge in [0.05, 0.1) is 18.4 Å². The van der Waals surface area contributed by atoms with Crippen LogP contribution in [0.1, 0.15) is 24.4 Å². The van der Waals surface area contributed by atoms with E-state index < -0.39 is 6.04 Å². The topological polar surface area (TPSA) is 86.9 Å². The molecule has 8 nitrogen and oxygen atoms in total. The number of benzene rings is 1. The molecule has 0 fully saturated rings. The van der Waals surface area contributed by atoms with Gasteiger partial charge in [0.1, 0.15) is 24.1 Å². The summed E-state index contributed by atoms with van der Waals surface area (Å²) < 4.78 is 8.85. The van der Waals surface area contributed by atoms with E-state index in [4.69, 9.17) is 4.74 Å². The van der Waals surface area contributed by atoms with Crippen LogP contribution in [0.15, 0.2) is 48.8 Å². The van der Waals surface area contributed by atoms with Crippen LogP contribution in [0, 0.1) is 0 Å². The molecule has 0 bridgehead atoms. The monoisotopic (exact) mass is 340 g/mol. The molecule has 0 unspecified atom stereocenters. The second kappa shape index (κ2) is 7.61. The van der Waals surface area contributed by atoms with Crippen LogP contribution < -0.4 is 10.1 Å². The highest BCUT2D eigenvalue weighted by Crippen LogP contribution is 2.11. The van der Waals surface area contributed by atoms with E-state index in [0.29, 0.717) is 18.8 Å². The van der Waals surface area contributed by atoms with Gasteiger partial charge < -0.3 is 10.1 Å². The van der Waals surface area contributed by atoms with Crippen molar-refractivity contribution >= 4 is 5.91 Å². The number of carbonyl (C=O) groups is 1. The molecule has 0 spiro atoms. The van der Waals surface area contributed by atoms with Crippen molar-refractivity contribution in [1.29, 1.82) is 0 Å². The summed E-state index contributed by atoms with van der Waals surface area (Å²) >= 11 is 0. The summed E-state index contributed by atoms with van der Waals surface area (Å²) in [6.07, 6.45) is 3.55. The Morgan fingerprint density at radius 1 is 1.24 bits per heavy atom. The summed E-state index contributed by atoms with van der Waals surface area (Å²) in [4.78, 5) is 12.2. The summed E-state index contributed by atoms with van der Waals surface area (Å²) in [6.45, 7) is 2.44. The number of carbonyl (C=O) groups excluding carboxylic acids is 1. The number of nitrogens with one attached hydrogen (secondary N) is 1. The molecule has 0 aliphatic rings. The molecular formula is C17H20N6O2. The lowest BCUT2D eigenvalue weighted by atomic mass is 10.3. The van der Waals surface area contributed by atoms with Gasteiger partial charge in [0.2, 0.25) is 5.91 Å². The fraction of sp³-hybridized carbons (Fsp3) is 0.294. The Morgan fingerprint density at radius 3 is 2.76 bits per heavy atom. The molecule has 3 aromatic rings. The van der Waals surface area contributed by atoms with Crippen molar-refractivity contribution in [3.8, 4) is 5.75 Å². The third-order valence-electron chi connectivity index (χ3n) is 3.68. The average molecular weight is 340 g/mol. The molecular weight excluding hydrogens is 320 g/mol. The SMILES string of the molecule is C[C@H](C(=O)NCc1ccn(C)n1)n1cc(COc2ccccc2)nn1. The number of hydrogen-bond acceptors (Lipinski definition) is 5. The van der Waals surface area contributed by atoms with Crippen molar-refractivity contribution in [2.24, 2.45) is 7.05 Å². The molecule has 0 aliphatic carbocycles. The summed E-state index contributed by atoms with van der Waals surface area (Å²) in [6, 6.07) is 10.9. The minimum absolute atomic E-state index is 0.147. The number of hydrogen-bond donors (Lipinski definition) is 1. The minimum atomic E-state index is -0.471. The lowest BCUT2D eigenvalue weighted by Crippen LogP contribution is -2.31. The van der Waals surface area contributed by atoms with Gasteiger partial charge in [0, 0.05) is 13.2 Å². The Bertz CT molecular complexity index is 827. The highest BCUT2D eigenvalue weighted by atomic mass is 16.5. The second-order valence-corrected chi connectivity index (χ2v) is 5.67. The summed E-state index contributed by atoms with van der Waals surface area (Å²) in [5, 5.41) is 15.1. The van der Waals surface area contributed by atoms with Gasteiger partial charge in [-0.15, -0.1) is 5.10 Å². The molecule has 1 N–H and O–H groups in total. The fourth-order valence-corrected chi connectivity index (χ4v) is 2.25. The quantitative estimate of drug-likeness (QED) is 0.704. The van der Waals surface area contributed by atoms with E-state index in [2.05, 4.69) is 20.7 Å². The Kier molecular flexibility index (Phi) is 5.08. The zero-order valence-electron chi connectivity index (χ0n) is 14.2. The van der Waals surface area contributed by atoms with Crippen LogP contribution in [0.25, 0.3) is 0 Å². The average Bonchev–Trinajstić information content (AvgIpc) is 3.27. The van der Waals surface area contributed by atoms with E-state index in [-0.39, 0.29) is 5.91 Å². The van der Waals surface area contributed by atoms with Gasteiger partial charge in [-0.3, -0.25) is 9.48 Å². The fourth-order valence-electron chi connectivity index (χ4n) is 2.25. The lowest BCUT2D eigenvalue weighted by Gasteiger charge is -2.11. The third-order valence-corrected chi connectivity index (χ3v) is 3.68. The minimum Gasteiger partial charge on any atom is -0.487 e. The van der Waals surface area contributed by atoms with E-state index in [1.807, 2.05) is 49.6 Å². The normalized spacial score (nSPS) is 11.9. The van der Waals surface area contributed by atoms with Crippen molar-refractivity contribution in [3.63, 3.8) is 0 Å². The zero-order valence-corrected chi connectivity index (χ0v) is 14.2. The predicted octanol–water partition coefficient (Wildman–Crippen LogP) is 1.47. The van der Waals surface area contributed by atoms with Crippen LogP contribution in [-0.4, -0.2) is 30.7 Å². The molecule has 130 valence electrons. The van der Waals surface area contributed by atoms with Gasteiger partial charge in [-0.1, -0.05) is 23.4 Å². The van der Waals surface area contributed by atoms with Crippen molar-refractivity contribution in [1.82, 2.24) is 30.1 Å². The molecule has 2 heterocycles. The molecule has 0 radical (unpaired) electrons. The van der Waals surface area contributed by atoms with Crippen molar-refractivity contribution in [2.45, 2.75) is 26.1 Å². The van der Waals surface area contributed by atoms with E-state index in [9.17, 15) is 4.79 Å². The number of amides is 1. The van der Waals surface area contributed by atoms with E-state index in [1.165, 1.54) is 4.68 Å². The van der Waals surface area contributed by atoms with Gasteiger partial charge in [-0.05, 0) is 25.1 Å². The number of ether oxygens (including phenoxy) is 1. The molecule has 1 atom stereocenters. The van der Waals surface area contributed by atoms with Gasteiger partial charge in [0.25, 0.3) is 0 Å². The Balaban J connectivity index is 1.52. The molecule has 1 amide bonds. The summed E-state index contributed by atoms with van der Waals surface area (Å²) in [5.41, 5.74) is 1.46. The van der Waals surface area contributed by atoms with E-state index in [1.54, 1.807) is 17.8 Å². The summed E-state index contributed by atoms with van der Waals surface area (Å²) in [5.74, 6) is 0.615. The van der Waals surface area contributed by atoms with Crippen LogP contribution in [-0.2, 0) is 25.0 Å². The van der Waals surface area contributed by atoms with Gasteiger partial charge in [-0.2, -0.15) is 5.10 Å². The Labute approximate surface area is 145 Å². The maximum absolute atomic E-state index is 12.2. The Morgan fingerprint density at radius 2 is 2.04 bits per heavy atom. The number of para-hydroxylation sites is 1. The standard InChI is InChI=1S/C17H20N6O2/c1-13(17(24)18-10-14-8-9-22(2)20-14)23-11-15(19-21-23)12-25-16-6-4-3-5-7-16/h3-9,11,13H,10,12H2,1-2H3,(H,18,24)/t13-/m1/s1. The number of rotatable bonds is 7. The molecule has 25 heavy (non-hydrogen) atoms. The highest BCUT2D eigenvalue weighted by Gasteiger charge is 2.17. The van der Waals surface area contributed by atoms with Crippen LogP contribution in [0.2, 0.25) is 0 Å². The first-order chi connectivity index (χ1) is 12.1.